The number of hydrogen-bond donors (Lipinski definition) is 2. The Hall–Kier alpha value is -3.30. The molecular formula is C19H19F2N5O3. The molecule has 0 aliphatic carbocycles. The maximum atomic E-state index is 12.7. The van der Waals surface area contributed by atoms with Gasteiger partial charge in [0.1, 0.15) is 11.2 Å². The zero-order valence-corrected chi connectivity index (χ0v) is 15.4. The normalized spacial score (nSPS) is 18.6. The van der Waals surface area contributed by atoms with Gasteiger partial charge in [-0.3, -0.25) is 20.0 Å². The molecule has 2 N–H and O–H groups in total. The minimum absolute atomic E-state index is 0.0932. The number of rotatable bonds is 4. The monoisotopic (exact) mass is 403 g/mol. The van der Waals surface area contributed by atoms with Crippen molar-refractivity contribution in [3.63, 3.8) is 0 Å². The number of aromatic amines is 1. The average Bonchev–Trinajstić information content (AvgIpc) is 3.30. The van der Waals surface area contributed by atoms with E-state index in [1.54, 1.807) is 0 Å². The molecule has 2 aliphatic rings. The number of H-pyrrole nitrogens is 1. The van der Waals surface area contributed by atoms with Gasteiger partial charge in [-0.05, 0) is 24.5 Å². The fourth-order valence-electron chi connectivity index (χ4n) is 3.88. The number of imide groups is 1. The lowest BCUT2D eigenvalue weighted by molar-refractivity contribution is -0.129. The van der Waals surface area contributed by atoms with Crippen LogP contribution in [0.15, 0.2) is 36.4 Å². The van der Waals surface area contributed by atoms with Crippen molar-refractivity contribution in [1.82, 2.24) is 25.3 Å². The summed E-state index contributed by atoms with van der Waals surface area (Å²) in [6.07, 6.45) is -2.22. The Labute approximate surface area is 164 Å². The van der Waals surface area contributed by atoms with E-state index in [9.17, 15) is 23.2 Å². The Kier molecular flexibility index (Phi) is 4.77. The van der Waals surface area contributed by atoms with E-state index in [2.05, 4.69) is 15.5 Å². The molecule has 8 nitrogen and oxygen atoms in total. The van der Waals surface area contributed by atoms with Gasteiger partial charge in [-0.2, -0.15) is 5.10 Å². The van der Waals surface area contributed by atoms with E-state index >= 15 is 0 Å². The van der Waals surface area contributed by atoms with E-state index in [4.69, 9.17) is 0 Å². The molecule has 0 atom stereocenters. The molecule has 0 radical (unpaired) electrons. The van der Waals surface area contributed by atoms with Gasteiger partial charge in [0.2, 0.25) is 0 Å². The topological polar surface area (TPSA) is 98.4 Å². The number of nitrogens with zero attached hydrogens (tertiary/aromatic N) is 3. The van der Waals surface area contributed by atoms with Crippen molar-refractivity contribution in [2.75, 3.05) is 13.1 Å². The van der Waals surface area contributed by atoms with Crippen LogP contribution in [0.2, 0.25) is 0 Å². The summed E-state index contributed by atoms with van der Waals surface area (Å²) in [5.74, 6) is -0.854. The molecule has 2 aromatic rings. The van der Waals surface area contributed by atoms with E-state index in [-0.39, 0.29) is 44.1 Å². The molecule has 2 saturated heterocycles. The minimum atomic E-state index is -2.74. The molecule has 1 aromatic heterocycles. The average molecular weight is 403 g/mol. The third-order valence-electron chi connectivity index (χ3n) is 5.52. The molecule has 0 saturated carbocycles. The number of hydrogen-bond acceptors (Lipinski definition) is 4. The molecular weight excluding hydrogens is 384 g/mol. The zero-order chi connectivity index (χ0) is 20.6. The van der Waals surface area contributed by atoms with E-state index in [0.717, 1.165) is 11.6 Å². The van der Waals surface area contributed by atoms with Crippen molar-refractivity contribution in [2.45, 2.75) is 31.4 Å². The highest BCUT2D eigenvalue weighted by Crippen LogP contribution is 2.35. The van der Waals surface area contributed by atoms with E-state index in [0.29, 0.717) is 0 Å². The summed E-state index contributed by atoms with van der Waals surface area (Å²) in [4.78, 5) is 40.6. The molecule has 2 fully saturated rings. The maximum Gasteiger partial charge on any atom is 0.325 e. The van der Waals surface area contributed by atoms with Gasteiger partial charge in [-0.15, -0.1) is 0 Å². The van der Waals surface area contributed by atoms with Crippen molar-refractivity contribution in [1.29, 1.82) is 0 Å². The summed E-state index contributed by atoms with van der Waals surface area (Å²) in [7, 11) is 0. The number of nitrogens with one attached hydrogen (secondary N) is 2. The first kappa shape index (κ1) is 19.0. The number of piperidine rings is 1. The third-order valence-corrected chi connectivity index (χ3v) is 5.52. The second-order valence-corrected chi connectivity index (χ2v) is 7.16. The summed E-state index contributed by atoms with van der Waals surface area (Å²) in [6.45, 7) is 0.701. The van der Waals surface area contributed by atoms with Crippen LogP contribution in [0.4, 0.5) is 13.6 Å². The second kappa shape index (κ2) is 7.26. The summed E-state index contributed by atoms with van der Waals surface area (Å²) < 4.78 is 25.4. The van der Waals surface area contributed by atoms with Gasteiger partial charge in [0, 0.05) is 19.6 Å². The standard InChI is InChI=1S/C19H19F2N5O3/c20-15(21)13-10-14(24-23-13)16(27)25-8-6-19(7-9-25)17(28)22-18(29)26(19)11-12-4-2-1-3-5-12/h1-5,10,15H,6-9,11H2,(H,23,24)(H,22,28,29). The summed E-state index contributed by atoms with van der Waals surface area (Å²) in [5, 5.41) is 8.20. The number of carbonyl (C=O) groups is 3. The number of carbonyl (C=O) groups excluding carboxylic acids is 3. The molecule has 0 bridgehead atoms. The predicted octanol–water partition coefficient (Wildman–Crippen LogP) is 2.07. The fraction of sp³-hybridized carbons (Fsp3) is 0.368. The first-order valence-electron chi connectivity index (χ1n) is 9.20. The first-order valence-corrected chi connectivity index (χ1v) is 9.20. The number of amides is 4. The maximum absolute atomic E-state index is 12.7. The van der Waals surface area contributed by atoms with E-state index < -0.39 is 29.6 Å². The number of alkyl halides is 2. The van der Waals surface area contributed by atoms with Crippen LogP contribution in [0.3, 0.4) is 0 Å². The van der Waals surface area contributed by atoms with Gasteiger partial charge in [-0.1, -0.05) is 30.3 Å². The molecule has 4 rings (SSSR count). The molecule has 4 amide bonds. The van der Waals surface area contributed by atoms with Crippen LogP contribution in [0.25, 0.3) is 0 Å². The van der Waals surface area contributed by atoms with Gasteiger partial charge in [0.15, 0.2) is 5.69 Å². The highest BCUT2D eigenvalue weighted by atomic mass is 19.3. The van der Waals surface area contributed by atoms with Gasteiger partial charge >= 0.3 is 6.03 Å². The molecule has 10 heteroatoms. The van der Waals surface area contributed by atoms with Gasteiger partial charge in [0.25, 0.3) is 18.2 Å². The van der Waals surface area contributed by atoms with Crippen LogP contribution in [0.1, 0.15) is 41.0 Å². The van der Waals surface area contributed by atoms with Gasteiger partial charge in [-0.25, -0.2) is 13.6 Å². The molecule has 29 heavy (non-hydrogen) atoms. The lowest BCUT2D eigenvalue weighted by atomic mass is 9.85. The quantitative estimate of drug-likeness (QED) is 0.764. The number of halogens is 2. The molecule has 1 aromatic carbocycles. The lowest BCUT2D eigenvalue weighted by Crippen LogP contribution is -2.57. The van der Waals surface area contributed by atoms with Gasteiger partial charge in [0.05, 0.1) is 0 Å². The number of likely N-dealkylation sites (tertiary alicyclic amines) is 1. The zero-order valence-electron chi connectivity index (χ0n) is 15.4. The first-order chi connectivity index (χ1) is 13.9. The molecule has 152 valence electrons. The van der Waals surface area contributed by atoms with Crippen molar-refractivity contribution >= 4 is 17.8 Å². The highest BCUT2D eigenvalue weighted by molar-refractivity contribution is 6.07. The van der Waals surface area contributed by atoms with Crippen molar-refractivity contribution in [2.24, 2.45) is 0 Å². The van der Waals surface area contributed by atoms with Crippen LogP contribution in [0, 0.1) is 0 Å². The van der Waals surface area contributed by atoms with Crippen LogP contribution >= 0.6 is 0 Å². The number of aromatic nitrogens is 2. The van der Waals surface area contributed by atoms with Gasteiger partial charge < -0.3 is 9.80 Å². The van der Waals surface area contributed by atoms with Crippen LogP contribution < -0.4 is 5.32 Å². The smallest absolute Gasteiger partial charge is 0.325 e. The van der Waals surface area contributed by atoms with E-state index in [1.807, 2.05) is 30.3 Å². The Morgan fingerprint density at radius 3 is 2.48 bits per heavy atom. The minimum Gasteiger partial charge on any atom is -0.337 e. The summed E-state index contributed by atoms with van der Waals surface area (Å²) >= 11 is 0. The number of benzene rings is 1. The van der Waals surface area contributed by atoms with E-state index in [1.165, 1.54) is 9.80 Å². The van der Waals surface area contributed by atoms with Crippen LogP contribution in [0.5, 0.6) is 0 Å². The molecule has 1 spiro atoms. The van der Waals surface area contributed by atoms with Crippen LogP contribution in [-0.4, -0.2) is 56.5 Å². The summed E-state index contributed by atoms with van der Waals surface area (Å²) in [6, 6.07) is 9.92. The predicted molar refractivity (Wildman–Crippen MR) is 96.9 cm³/mol. The Bertz CT molecular complexity index is 938. The third kappa shape index (κ3) is 3.34. The highest BCUT2D eigenvalue weighted by Gasteiger charge is 2.54. The molecule has 0 unspecified atom stereocenters. The second-order valence-electron chi connectivity index (χ2n) is 7.16. The Morgan fingerprint density at radius 1 is 1.17 bits per heavy atom. The largest absolute Gasteiger partial charge is 0.337 e. The van der Waals surface area contributed by atoms with Crippen molar-refractivity contribution in [3.05, 3.63) is 53.3 Å². The molecule has 2 aliphatic heterocycles. The fourth-order valence-corrected chi connectivity index (χ4v) is 3.88. The SMILES string of the molecule is O=C(c1cc(C(F)F)[nH]n1)N1CCC2(CC1)C(=O)NC(=O)N2Cc1ccccc1. The Balaban J connectivity index is 1.49. The van der Waals surface area contributed by atoms with Crippen molar-refractivity contribution < 1.29 is 23.2 Å². The molecule has 3 heterocycles. The lowest BCUT2D eigenvalue weighted by Gasteiger charge is -2.42. The summed E-state index contributed by atoms with van der Waals surface area (Å²) in [5.41, 5.74) is -0.643. The number of urea groups is 1. The van der Waals surface area contributed by atoms with Crippen LogP contribution in [-0.2, 0) is 11.3 Å². The Morgan fingerprint density at radius 2 is 1.86 bits per heavy atom. The van der Waals surface area contributed by atoms with Crippen molar-refractivity contribution in [3.8, 4) is 0 Å².